The molecule has 0 unspecified atom stereocenters. The summed E-state index contributed by atoms with van der Waals surface area (Å²) in [6, 6.07) is 15.1. The van der Waals surface area contributed by atoms with Crippen LogP contribution in [0.15, 0.2) is 47.1 Å². The van der Waals surface area contributed by atoms with Crippen LogP contribution in [0, 0.1) is 11.3 Å². The lowest BCUT2D eigenvalue weighted by Gasteiger charge is -2.33. The molecule has 0 amide bonds. The van der Waals surface area contributed by atoms with Crippen LogP contribution in [-0.4, -0.2) is 38.1 Å². The van der Waals surface area contributed by atoms with E-state index in [1.54, 1.807) is 6.26 Å². The van der Waals surface area contributed by atoms with Crippen molar-refractivity contribution < 1.29 is 4.42 Å². The molecule has 0 saturated carbocycles. The van der Waals surface area contributed by atoms with E-state index >= 15 is 0 Å². The molecule has 1 atom stereocenters. The fourth-order valence-electron chi connectivity index (χ4n) is 3.69. The first kappa shape index (κ1) is 19.5. The molecule has 1 fully saturated rings. The van der Waals surface area contributed by atoms with E-state index < -0.39 is 0 Å². The number of benzene rings is 1. The number of nitrogens with zero attached hydrogens (tertiary/aromatic N) is 3. The number of likely N-dealkylation sites (tertiary alicyclic amines) is 1. The van der Waals surface area contributed by atoms with Crippen LogP contribution in [0.25, 0.3) is 0 Å². The molecule has 0 bridgehead atoms. The first-order valence-electron chi connectivity index (χ1n) is 9.93. The van der Waals surface area contributed by atoms with Crippen LogP contribution in [0.5, 0.6) is 0 Å². The van der Waals surface area contributed by atoms with Gasteiger partial charge in [0.2, 0.25) is 0 Å². The van der Waals surface area contributed by atoms with E-state index in [2.05, 4.69) is 51.5 Å². The topological polar surface area (TPSA) is 55.4 Å². The van der Waals surface area contributed by atoms with Gasteiger partial charge in [0.25, 0.3) is 0 Å². The fourth-order valence-corrected chi connectivity index (χ4v) is 3.69. The minimum atomic E-state index is 0.302. The molecule has 27 heavy (non-hydrogen) atoms. The van der Waals surface area contributed by atoms with Crippen molar-refractivity contribution in [2.75, 3.05) is 38.1 Å². The minimum absolute atomic E-state index is 0.302. The van der Waals surface area contributed by atoms with Gasteiger partial charge in [0.15, 0.2) is 0 Å². The first-order valence-corrected chi connectivity index (χ1v) is 9.93. The highest BCUT2D eigenvalue weighted by atomic mass is 16.3. The summed E-state index contributed by atoms with van der Waals surface area (Å²) in [6.07, 6.45) is 6.21. The summed E-state index contributed by atoms with van der Waals surface area (Å²) < 4.78 is 5.72. The maximum atomic E-state index is 8.72. The number of nitriles is 1. The molecule has 1 aliphatic rings. The first-order chi connectivity index (χ1) is 13.3. The monoisotopic (exact) mass is 366 g/mol. The Balaban J connectivity index is 1.53. The molecular formula is C22H30N4O. The van der Waals surface area contributed by atoms with Crippen LogP contribution in [0.2, 0.25) is 0 Å². The number of furan rings is 1. The lowest BCUT2D eigenvalue weighted by atomic mass is 10.1. The molecule has 1 aromatic heterocycles. The minimum Gasteiger partial charge on any atom is -0.468 e. The zero-order valence-corrected chi connectivity index (χ0v) is 16.2. The van der Waals surface area contributed by atoms with Crippen molar-refractivity contribution in [3.8, 4) is 6.07 Å². The fraction of sp³-hybridized carbons (Fsp3) is 0.500. The average Bonchev–Trinajstić information content (AvgIpc) is 3.25. The molecule has 5 nitrogen and oxygen atoms in total. The van der Waals surface area contributed by atoms with Gasteiger partial charge in [-0.3, -0.25) is 4.90 Å². The molecule has 0 spiro atoms. The Morgan fingerprint density at radius 3 is 2.63 bits per heavy atom. The third-order valence-electron chi connectivity index (χ3n) is 5.31. The molecule has 1 aromatic carbocycles. The van der Waals surface area contributed by atoms with E-state index in [9.17, 15) is 0 Å². The van der Waals surface area contributed by atoms with Gasteiger partial charge in [-0.1, -0.05) is 18.6 Å². The SMILES string of the molecule is CN(CCC#N)c1ccc(CNC[C@H](c2ccco2)N2CCCCC2)cc1. The summed E-state index contributed by atoms with van der Waals surface area (Å²) in [5.74, 6) is 1.05. The molecule has 2 heterocycles. The van der Waals surface area contributed by atoms with E-state index in [1.807, 2.05) is 13.1 Å². The predicted molar refractivity (Wildman–Crippen MR) is 109 cm³/mol. The number of nitrogens with one attached hydrogen (secondary N) is 1. The normalized spacial score (nSPS) is 16.0. The van der Waals surface area contributed by atoms with Gasteiger partial charge in [-0.05, 0) is 55.8 Å². The number of hydrogen-bond acceptors (Lipinski definition) is 5. The molecule has 1 aliphatic heterocycles. The third-order valence-corrected chi connectivity index (χ3v) is 5.31. The van der Waals surface area contributed by atoms with Gasteiger partial charge >= 0.3 is 0 Å². The van der Waals surface area contributed by atoms with E-state index in [0.29, 0.717) is 12.5 Å². The van der Waals surface area contributed by atoms with Gasteiger partial charge in [-0.2, -0.15) is 5.26 Å². The van der Waals surface area contributed by atoms with Gasteiger partial charge in [-0.25, -0.2) is 0 Å². The number of rotatable bonds is 9. The highest BCUT2D eigenvalue weighted by Crippen LogP contribution is 2.24. The van der Waals surface area contributed by atoms with Crippen molar-refractivity contribution >= 4 is 5.69 Å². The van der Waals surface area contributed by atoms with Crippen molar-refractivity contribution in [1.29, 1.82) is 5.26 Å². The second-order valence-corrected chi connectivity index (χ2v) is 7.25. The highest BCUT2D eigenvalue weighted by Gasteiger charge is 2.23. The van der Waals surface area contributed by atoms with E-state index in [4.69, 9.17) is 9.68 Å². The van der Waals surface area contributed by atoms with Crippen molar-refractivity contribution in [2.24, 2.45) is 0 Å². The van der Waals surface area contributed by atoms with Crippen LogP contribution < -0.4 is 10.2 Å². The summed E-state index contributed by atoms with van der Waals surface area (Å²) in [5.41, 5.74) is 2.42. The number of hydrogen-bond donors (Lipinski definition) is 1. The van der Waals surface area contributed by atoms with E-state index in [1.165, 1.54) is 24.8 Å². The molecule has 1 N–H and O–H groups in total. The van der Waals surface area contributed by atoms with Gasteiger partial charge < -0.3 is 14.6 Å². The number of piperidine rings is 1. The van der Waals surface area contributed by atoms with E-state index in [-0.39, 0.29) is 0 Å². The Bertz CT molecular complexity index is 699. The van der Waals surface area contributed by atoms with Gasteiger partial charge in [-0.15, -0.1) is 0 Å². The summed E-state index contributed by atoms with van der Waals surface area (Å²) >= 11 is 0. The second-order valence-electron chi connectivity index (χ2n) is 7.25. The van der Waals surface area contributed by atoms with Crippen molar-refractivity contribution in [2.45, 2.75) is 38.3 Å². The van der Waals surface area contributed by atoms with E-state index in [0.717, 1.165) is 44.2 Å². The smallest absolute Gasteiger partial charge is 0.122 e. The third kappa shape index (κ3) is 5.59. The maximum absolute atomic E-state index is 8.72. The summed E-state index contributed by atoms with van der Waals surface area (Å²) in [4.78, 5) is 4.66. The quantitative estimate of drug-likeness (QED) is 0.728. The Labute approximate surface area is 162 Å². The molecule has 144 valence electrons. The lowest BCUT2D eigenvalue weighted by Crippen LogP contribution is -2.38. The van der Waals surface area contributed by atoms with Crippen molar-refractivity contribution in [1.82, 2.24) is 10.2 Å². The lowest BCUT2D eigenvalue weighted by molar-refractivity contribution is 0.142. The zero-order valence-electron chi connectivity index (χ0n) is 16.2. The Kier molecular flexibility index (Phi) is 7.32. The van der Waals surface area contributed by atoms with Gasteiger partial charge in [0.05, 0.1) is 24.8 Å². The summed E-state index contributed by atoms with van der Waals surface area (Å²) in [5, 5.41) is 12.3. The van der Waals surface area contributed by atoms with Crippen molar-refractivity contribution in [3.05, 3.63) is 54.0 Å². The Morgan fingerprint density at radius 2 is 1.96 bits per heavy atom. The van der Waals surface area contributed by atoms with Gasteiger partial charge in [0, 0.05) is 32.4 Å². The zero-order chi connectivity index (χ0) is 18.9. The molecule has 2 aromatic rings. The Morgan fingerprint density at radius 1 is 1.19 bits per heavy atom. The second kappa shape index (κ2) is 10.1. The van der Waals surface area contributed by atoms with Crippen LogP contribution in [0.3, 0.4) is 0 Å². The van der Waals surface area contributed by atoms with Crippen LogP contribution in [0.1, 0.15) is 43.0 Å². The molecule has 0 aliphatic carbocycles. The molecule has 0 radical (unpaired) electrons. The number of anilines is 1. The summed E-state index contributed by atoms with van der Waals surface area (Å²) in [7, 11) is 2.02. The van der Waals surface area contributed by atoms with Gasteiger partial charge in [0.1, 0.15) is 5.76 Å². The van der Waals surface area contributed by atoms with Crippen LogP contribution >= 0.6 is 0 Å². The maximum Gasteiger partial charge on any atom is 0.122 e. The van der Waals surface area contributed by atoms with Crippen LogP contribution in [0.4, 0.5) is 5.69 Å². The Hall–Kier alpha value is -2.29. The van der Waals surface area contributed by atoms with Crippen LogP contribution in [-0.2, 0) is 6.54 Å². The standard InChI is InChI=1S/C22H30N4O/c1-25(13-6-12-23)20-10-8-19(9-11-20)17-24-18-21(22-7-5-16-27-22)26-14-3-2-4-15-26/h5,7-11,16,21,24H,2-4,6,13-15,17-18H2,1H3/t21-/m1/s1. The van der Waals surface area contributed by atoms with Crippen molar-refractivity contribution in [3.63, 3.8) is 0 Å². The highest BCUT2D eigenvalue weighted by molar-refractivity contribution is 5.46. The summed E-state index contributed by atoms with van der Waals surface area (Å²) in [6.45, 7) is 4.78. The predicted octanol–water partition coefficient (Wildman–Crippen LogP) is 3.95. The average molecular weight is 367 g/mol. The molecular weight excluding hydrogens is 336 g/mol. The largest absolute Gasteiger partial charge is 0.468 e. The molecule has 3 rings (SSSR count). The molecule has 1 saturated heterocycles. The molecule has 5 heteroatoms.